The Labute approximate surface area is 137 Å². The summed E-state index contributed by atoms with van der Waals surface area (Å²) >= 11 is 0. The lowest BCUT2D eigenvalue weighted by atomic mass is 10.0. The highest BCUT2D eigenvalue weighted by atomic mass is 16.6. The molecule has 8 heteroatoms. The maximum Gasteiger partial charge on any atom is 0.407 e. The smallest absolute Gasteiger partial charge is 0.407 e. The van der Waals surface area contributed by atoms with Gasteiger partial charge in [-0.05, 0) is 33.1 Å². The quantitative estimate of drug-likeness (QED) is 0.483. The van der Waals surface area contributed by atoms with Crippen LogP contribution >= 0.6 is 0 Å². The molecule has 23 heavy (non-hydrogen) atoms. The lowest BCUT2D eigenvalue weighted by Crippen LogP contribution is -2.48. The van der Waals surface area contributed by atoms with Crippen molar-refractivity contribution in [2.45, 2.75) is 52.7 Å². The summed E-state index contributed by atoms with van der Waals surface area (Å²) in [5, 5.41) is 7.63. The monoisotopic (exact) mass is 331 g/mol. The first kappa shape index (κ1) is 21.0. The standard InChI is InChI=1S/C15H29N3O5/c1-10(2)9-11(12(19)22-6)18-13(20)16-7-8-17-14(21)23-15(3,4)5/h10-11H,7-9H2,1-6H3,(H,17,21)(H2,16,18,20)/t11-/m0/s1. The van der Waals surface area contributed by atoms with Crippen molar-refractivity contribution in [1.82, 2.24) is 16.0 Å². The molecule has 3 amide bonds. The number of esters is 1. The van der Waals surface area contributed by atoms with E-state index in [1.165, 1.54) is 7.11 Å². The minimum atomic E-state index is -0.696. The maximum atomic E-state index is 11.8. The number of ether oxygens (including phenoxy) is 2. The molecule has 0 unspecified atom stereocenters. The number of amides is 3. The molecule has 0 aliphatic carbocycles. The number of carbonyl (C=O) groups is 3. The minimum Gasteiger partial charge on any atom is -0.467 e. The Hall–Kier alpha value is -1.99. The van der Waals surface area contributed by atoms with Crippen LogP contribution in [0.3, 0.4) is 0 Å². The van der Waals surface area contributed by atoms with Gasteiger partial charge >= 0.3 is 18.1 Å². The fraction of sp³-hybridized carbons (Fsp3) is 0.800. The van der Waals surface area contributed by atoms with Crippen molar-refractivity contribution >= 4 is 18.1 Å². The second-order valence-electron chi connectivity index (χ2n) is 6.53. The van der Waals surface area contributed by atoms with Crippen molar-refractivity contribution in [3.05, 3.63) is 0 Å². The summed E-state index contributed by atoms with van der Waals surface area (Å²) in [6, 6.07) is -1.19. The van der Waals surface area contributed by atoms with Crippen molar-refractivity contribution < 1.29 is 23.9 Å². The molecule has 0 aliphatic heterocycles. The number of hydrogen-bond acceptors (Lipinski definition) is 5. The number of carbonyl (C=O) groups excluding carboxylic acids is 3. The Kier molecular flexibility index (Phi) is 9.05. The molecule has 0 rings (SSSR count). The molecule has 0 heterocycles. The SMILES string of the molecule is COC(=O)[C@H](CC(C)C)NC(=O)NCCNC(=O)OC(C)(C)C. The van der Waals surface area contributed by atoms with Crippen LogP contribution in [0.4, 0.5) is 9.59 Å². The van der Waals surface area contributed by atoms with E-state index in [4.69, 9.17) is 4.74 Å². The highest BCUT2D eigenvalue weighted by Gasteiger charge is 2.22. The highest BCUT2D eigenvalue weighted by Crippen LogP contribution is 2.06. The molecular weight excluding hydrogens is 302 g/mol. The van der Waals surface area contributed by atoms with E-state index in [0.717, 1.165) is 0 Å². The van der Waals surface area contributed by atoms with Crippen LogP contribution < -0.4 is 16.0 Å². The second-order valence-corrected chi connectivity index (χ2v) is 6.53. The molecule has 0 bridgehead atoms. The lowest BCUT2D eigenvalue weighted by molar-refractivity contribution is -0.143. The third-order valence-corrected chi connectivity index (χ3v) is 2.58. The van der Waals surface area contributed by atoms with Gasteiger partial charge in [-0.1, -0.05) is 13.8 Å². The fourth-order valence-electron chi connectivity index (χ4n) is 1.69. The van der Waals surface area contributed by atoms with Crippen LogP contribution in [0.5, 0.6) is 0 Å². The zero-order chi connectivity index (χ0) is 18.0. The molecule has 0 radical (unpaired) electrons. The molecule has 0 aliphatic rings. The summed E-state index contributed by atoms with van der Waals surface area (Å²) in [5.41, 5.74) is -0.570. The first-order valence-electron chi connectivity index (χ1n) is 7.64. The van der Waals surface area contributed by atoms with Crippen molar-refractivity contribution in [1.29, 1.82) is 0 Å². The van der Waals surface area contributed by atoms with Gasteiger partial charge < -0.3 is 25.4 Å². The van der Waals surface area contributed by atoms with Gasteiger partial charge in [-0.15, -0.1) is 0 Å². The van der Waals surface area contributed by atoms with E-state index in [-0.39, 0.29) is 19.0 Å². The Morgan fingerprint density at radius 1 is 1.04 bits per heavy atom. The van der Waals surface area contributed by atoms with Gasteiger partial charge in [0.15, 0.2) is 0 Å². The topological polar surface area (TPSA) is 106 Å². The van der Waals surface area contributed by atoms with Gasteiger partial charge in [-0.25, -0.2) is 14.4 Å². The van der Waals surface area contributed by atoms with Gasteiger partial charge in [0.05, 0.1) is 7.11 Å². The van der Waals surface area contributed by atoms with Crippen molar-refractivity contribution in [2.24, 2.45) is 5.92 Å². The van der Waals surface area contributed by atoms with Crippen LogP contribution in [-0.4, -0.2) is 49.9 Å². The van der Waals surface area contributed by atoms with Crippen LogP contribution in [-0.2, 0) is 14.3 Å². The van der Waals surface area contributed by atoms with Crippen molar-refractivity contribution in [3.8, 4) is 0 Å². The van der Waals surface area contributed by atoms with E-state index in [0.29, 0.717) is 6.42 Å². The third-order valence-electron chi connectivity index (χ3n) is 2.58. The molecule has 0 spiro atoms. The molecule has 0 saturated heterocycles. The maximum absolute atomic E-state index is 11.8. The van der Waals surface area contributed by atoms with Crippen LogP contribution in [0, 0.1) is 5.92 Å². The first-order valence-corrected chi connectivity index (χ1v) is 7.64. The third kappa shape index (κ3) is 11.3. The van der Waals surface area contributed by atoms with E-state index in [9.17, 15) is 14.4 Å². The summed E-state index contributed by atoms with van der Waals surface area (Å²) in [4.78, 5) is 34.8. The summed E-state index contributed by atoms with van der Waals surface area (Å²) in [6.45, 7) is 9.61. The van der Waals surface area contributed by atoms with Crippen molar-refractivity contribution in [2.75, 3.05) is 20.2 Å². The first-order chi connectivity index (χ1) is 10.5. The molecule has 0 aromatic carbocycles. The predicted molar refractivity (Wildman–Crippen MR) is 86.0 cm³/mol. The zero-order valence-corrected chi connectivity index (χ0v) is 14.8. The lowest BCUT2D eigenvalue weighted by Gasteiger charge is -2.20. The summed E-state index contributed by atoms with van der Waals surface area (Å²) < 4.78 is 9.72. The Morgan fingerprint density at radius 3 is 2.09 bits per heavy atom. The van der Waals surface area contributed by atoms with Gasteiger partial charge in [0.2, 0.25) is 0 Å². The molecule has 0 fully saturated rings. The molecule has 0 aromatic heterocycles. The Balaban J connectivity index is 4.09. The number of urea groups is 1. The minimum absolute atomic E-state index is 0.209. The largest absolute Gasteiger partial charge is 0.467 e. The van der Waals surface area contributed by atoms with Gasteiger partial charge in [0, 0.05) is 13.1 Å². The van der Waals surface area contributed by atoms with Gasteiger partial charge in [0.25, 0.3) is 0 Å². The molecule has 8 nitrogen and oxygen atoms in total. The molecule has 3 N–H and O–H groups in total. The van der Waals surface area contributed by atoms with E-state index in [2.05, 4.69) is 20.7 Å². The number of nitrogens with one attached hydrogen (secondary N) is 3. The number of alkyl carbamates (subject to hydrolysis) is 1. The Bertz CT molecular complexity index is 404. The average Bonchev–Trinajstić information content (AvgIpc) is 2.39. The number of hydrogen-bond donors (Lipinski definition) is 3. The predicted octanol–water partition coefficient (Wildman–Crippen LogP) is 1.40. The van der Waals surface area contributed by atoms with E-state index in [1.807, 2.05) is 13.8 Å². The zero-order valence-electron chi connectivity index (χ0n) is 14.8. The average molecular weight is 331 g/mol. The van der Waals surface area contributed by atoms with Crippen LogP contribution in [0.25, 0.3) is 0 Å². The molecule has 134 valence electrons. The van der Waals surface area contributed by atoms with Gasteiger partial charge in [0.1, 0.15) is 11.6 Å². The number of rotatable bonds is 7. The molecule has 0 aromatic rings. The molecule has 1 atom stereocenters. The highest BCUT2D eigenvalue weighted by molar-refractivity contribution is 5.83. The van der Waals surface area contributed by atoms with E-state index >= 15 is 0 Å². The van der Waals surface area contributed by atoms with Crippen LogP contribution in [0.15, 0.2) is 0 Å². The summed E-state index contributed by atoms with van der Waals surface area (Å²) in [7, 11) is 1.28. The molecule has 0 saturated carbocycles. The van der Waals surface area contributed by atoms with E-state index in [1.54, 1.807) is 20.8 Å². The number of methoxy groups -OCH3 is 1. The fourth-order valence-corrected chi connectivity index (χ4v) is 1.69. The second kappa shape index (κ2) is 9.91. The van der Waals surface area contributed by atoms with Crippen LogP contribution in [0.1, 0.15) is 41.0 Å². The summed E-state index contributed by atoms with van der Waals surface area (Å²) in [5.74, 6) is -0.256. The normalized spacial score (nSPS) is 12.3. The van der Waals surface area contributed by atoms with Gasteiger partial charge in [-0.3, -0.25) is 0 Å². The summed E-state index contributed by atoms with van der Waals surface area (Å²) in [6.07, 6.45) is -0.0667. The molecular formula is C15H29N3O5. The van der Waals surface area contributed by atoms with E-state index < -0.39 is 29.7 Å². The van der Waals surface area contributed by atoms with Crippen molar-refractivity contribution in [3.63, 3.8) is 0 Å². The van der Waals surface area contributed by atoms with Gasteiger partial charge in [-0.2, -0.15) is 0 Å². The van der Waals surface area contributed by atoms with Crippen LogP contribution in [0.2, 0.25) is 0 Å². The Morgan fingerprint density at radius 2 is 1.61 bits per heavy atom.